The summed E-state index contributed by atoms with van der Waals surface area (Å²) in [5.74, 6) is 0.156. The molecule has 2 bridgehead atoms. The molecule has 1 aliphatic carbocycles. The van der Waals surface area contributed by atoms with E-state index in [0.29, 0.717) is 33.2 Å². The van der Waals surface area contributed by atoms with Crippen LogP contribution in [0.15, 0.2) is 58.5 Å². The molecule has 1 aromatic heterocycles. The fraction of sp³-hybridized carbons (Fsp3) is 0.464. The van der Waals surface area contributed by atoms with Crippen LogP contribution in [0.3, 0.4) is 0 Å². The van der Waals surface area contributed by atoms with Crippen molar-refractivity contribution in [2.75, 3.05) is 6.54 Å². The summed E-state index contributed by atoms with van der Waals surface area (Å²) in [7, 11) is 0. The molecule has 1 saturated carbocycles. The van der Waals surface area contributed by atoms with Gasteiger partial charge in [-0.2, -0.15) is 0 Å². The number of thioether (sulfide) groups is 1. The minimum atomic E-state index is -0.320. The van der Waals surface area contributed by atoms with E-state index in [1.807, 2.05) is 37.3 Å². The number of rotatable bonds is 5. The smallest absolute Gasteiger partial charge is 0.266 e. The van der Waals surface area contributed by atoms with Crippen molar-refractivity contribution in [2.24, 2.45) is 10.8 Å². The predicted molar refractivity (Wildman–Crippen MR) is 144 cm³/mol. The van der Waals surface area contributed by atoms with Gasteiger partial charge in [0, 0.05) is 17.6 Å². The van der Waals surface area contributed by atoms with Gasteiger partial charge in [-0.05, 0) is 66.8 Å². The Morgan fingerprint density at radius 1 is 1.17 bits per heavy atom. The van der Waals surface area contributed by atoms with Crippen molar-refractivity contribution in [1.82, 2.24) is 14.5 Å². The van der Waals surface area contributed by atoms with E-state index in [9.17, 15) is 9.59 Å². The molecule has 3 unspecified atom stereocenters. The average Bonchev–Trinajstić information content (AvgIpc) is 3.05. The molecular formula is C28H32ClN3O2S. The molecule has 1 aliphatic heterocycles. The molecule has 5 rings (SSSR count). The van der Waals surface area contributed by atoms with Gasteiger partial charge < -0.3 is 4.90 Å². The summed E-state index contributed by atoms with van der Waals surface area (Å²) < 4.78 is 1.60. The third-order valence-corrected chi connectivity index (χ3v) is 8.94. The lowest BCUT2D eigenvalue weighted by atomic mass is 9.65. The third kappa shape index (κ3) is 4.63. The number of hydrogen-bond donors (Lipinski definition) is 0. The molecular weight excluding hydrogens is 478 g/mol. The van der Waals surface area contributed by atoms with E-state index in [0.717, 1.165) is 25.8 Å². The van der Waals surface area contributed by atoms with E-state index in [4.69, 9.17) is 16.6 Å². The van der Waals surface area contributed by atoms with E-state index in [1.54, 1.807) is 22.8 Å². The van der Waals surface area contributed by atoms with Crippen LogP contribution in [0.2, 0.25) is 5.02 Å². The lowest BCUT2D eigenvalue weighted by Gasteiger charge is -2.39. The highest BCUT2D eigenvalue weighted by atomic mass is 35.5. The number of para-hydroxylation sites is 1. The van der Waals surface area contributed by atoms with Crippen LogP contribution >= 0.6 is 23.4 Å². The summed E-state index contributed by atoms with van der Waals surface area (Å²) in [6, 6.07) is 14.8. The first kappa shape index (κ1) is 24.4. The Hall–Kier alpha value is -2.31. The van der Waals surface area contributed by atoms with Crippen molar-refractivity contribution in [1.29, 1.82) is 0 Å². The van der Waals surface area contributed by atoms with Gasteiger partial charge in [0.25, 0.3) is 5.56 Å². The van der Waals surface area contributed by atoms with Gasteiger partial charge >= 0.3 is 0 Å². The predicted octanol–water partition coefficient (Wildman–Crippen LogP) is 6.34. The van der Waals surface area contributed by atoms with Crippen LogP contribution in [0, 0.1) is 10.8 Å². The molecule has 3 atom stereocenters. The highest BCUT2D eigenvalue weighted by Crippen LogP contribution is 2.53. The molecule has 0 spiro atoms. The largest absolute Gasteiger partial charge is 0.338 e. The van der Waals surface area contributed by atoms with Crippen LogP contribution in [0.5, 0.6) is 0 Å². The first-order valence-corrected chi connectivity index (χ1v) is 13.6. The van der Waals surface area contributed by atoms with Gasteiger partial charge in [-0.25, -0.2) is 4.98 Å². The second kappa shape index (κ2) is 8.97. The van der Waals surface area contributed by atoms with Crippen molar-refractivity contribution in [2.45, 2.75) is 69.8 Å². The molecule has 184 valence electrons. The van der Waals surface area contributed by atoms with Crippen molar-refractivity contribution in [3.05, 3.63) is 63.9 Å². The lowest BCUT2D eigenvalue weighted by molar-refractivity contribution is -0.131. The minimum absolute atomic E-state index is 0.156. The number of likely N-dealkylation sites (tertiary alicyclic amines) is 1. The van der Waals surface area contributed by atoms with Crippen molar-refractivity contribution < 1.29 is 4.79 Å². The average molecular weight is 510 g/mol. The van der Waals surface area contributed by atoms with Crippen LogP contribution in [-0.4, -0.2) is 38.2 Å². The van der Waals surface area contributed by atoms with E-state index >= 15 is 0 Å². The molecule has 5 nitrogen and oxygen atoms in total. The maximum Gasteiger partial charge on any atom is 0.266 e. The van der Waals surface area contributed by atoms with E-state index in [1.165, 1.54) is 11.8 Å². The summed E-state index contributed by atoms with van der Waals surface area (Å²) in [6.45, 7) is 9.81. The Morgan fingerprint density at radius 2 is 1.94 bits per heavy atom. The Kier molecular flexibility index (Phi) is 6.25. The molecule has 0 N–H and O–H groups in total. The zero-order valence-corrected chi connectivity index (χ0v) is 22.3. The van der Waals surface area contributed by atoms with Crippen LogP contribution in [-0.2, 0) is 4.79 Å². The topological polar surface area (TPSA) is 55.2 Å². The molecule has 1 amide bonds. The highest BCUT2D eigenvalue weighted by Gasteiger charge is 2.51. The fourth-order valence-corrected chi connectivity index (χ4v) is 7.66. The van der Waals surface area contributed by atoms with E-state index in [2.05, 4.69) is 25.7 Å². The van der Waals surface area contributed by atoms with Gasteiger partial charge in [0.15, 0.2) is 5.16 Å². The van der Waals surface area contributed by atoms with Gasteiger partial charge in [-0.3, -0.25) is 14.2 Å². The van der Waals surface area contributed by atoms with Gasteiger partial charge in [0.1, 0.15) is 0 Å². The maximum absolute atomic E-state index is 13.9. The molecule has 35 heavy (non-hydrogen) atoms. The zero-order valence-electron chi connectivity index (χ0n) is 20.8. The van der Waals surface area contributed by atoms with E-state index in [-0.39, 0.29) is 33.6 Å². The first-order valence-electron chi connectivity index (χ1n) is 12.3. The Morgan fingerprint density at radius 3 is 2.69 bits per heavy atom. The van der Waals surface area contributed by atoms with Gasteiger partial charge in [0.05, 0.1) is 21.8 Å². The van der Waals surface area contributed by atoms with Gasteiger partial charge in [0.2, 0.25) is 5.91 Å². The number of aromatic nitrogens is 2. The molecule has 3 aromatic rings. The molecule has 2 heterocycles. The Balaban J connectivity index is 1.53. The summed E-state index contributed by atoms with van der Waals surface area (Å²) >= 11 is 7.66. The number of carbonyl (C=O) groups is 1. The van der Waals surface area contributed by atoms with Gasteiger partial charge in [-0.15, -0.1) is 0 Å². The minimum Gasteiger partial charge on any atom is -0.338 e. The standard InChI is InChI=1S/C28H32ClN3O2S/c1-5-23(25(34)31-17-28(4)15-20(31)14-27(2,3)16-28)35-26-30-22-12-7-6-11-21(22)24(33)32(26)19-10-8-9-18(29)13-19/h6-13,20,23H,5,14-17H2,1-4H3. The summed E-state index contributed by atoms with van der Waals surface area (Å²) in [6.07, 6.45) is 3.91. The first-order chi connectivity index (χ1) is 16.6. The SMILES string of the molecule is CCC(Sc1nc2ccccc2c(=O)n1-c1cccc(Cl)c1)C(=O)N1CC2(C)CC1CC(C)(C)C2. The lowest BCUT2D eigenvalue weighted by Crippen LogP contribution is -2.42. The normalized spacial score (nSPS) is 24.0. The molecule has 0 radical (unpaired) electrons. The second-order valence-corrected chi connectivity index (χ2v) is 12.8. The highest BCUT2D eigenvalue weighted by molar-refractivity contribution is 8.00. The summed E-state index contributed by atoms with van der Waals surface area (Å²) in [4.78, 5) is 34.5. The summed E-state index contributed by atoms with van der Waals surface area (Å²) in [5.41, 5.74) is 1.54. The van der Waals surface area contributed by atoms with Crippen LogP contribution in [0.25, 0.3) is 16.6 Å². The number of carbonyl (C=O) groups excluding carboxylic acids is 1. The Bertz CT molecular complexity index is 1350. The number of amides is 1. The van der Waals surface area contributed by atoms with Crippen LogP contribution in [0.1, 0.15) is 53.4 Å². The number of hydrogen-bond acceptors (Lipinski definition) is 4. The van der Waals surface area contributed by atoms with Crippen molar-refractivity contribution in [3.8, 4) is 5.69 Å². The molecule has 1 saturated heterocycles. The quantitative estimate of drug-likeness (QED) is 0.297. The Labute approximate surface area is 215 Å². The molecule has 2 fully saturated rings. The molecule has 7 heteroatoms. The number of benzene rings is 2. The number of nitrogens with zero attached hydrogens (tertiary/aromatic N) is 3. The number of fused-ring (bicyclic) bond motifs is 3. The van der Waals surface area contributed by atoms with Gasteiger partial charge in [-0.1, -0.05) is 69.3 Å². The number of halogens is 1. The maximum atomic E-state index is 13.9. The van der Waals surface area contributed by atoms with Crippen molar-refractivity contribution in [3.63, 3.8) is 0 Å². The molecule has 2 aliphatic rings. The van der Waals surface area contributed by atoms with Crippen molar-refractivity contribution >= 4 is 40.2 Å². The fourth-order valence-electron chi connectivity index (χ4n) is 6.37. The van der Waals surface area contributed by atoms with E-state index < -0.39 is 0 Å². The summed E-state index contributed by atoms with van der Waals surface area (Å²) in [5, 5.41) is 1.28. The monoisotopic (exact) mass is 509 g/mol. The van der Waals surface area contributed by atoms with Crippen LogP contribution < -0.4 is 5.56 Å². The molecule has 2 aromatic carbocycles. The zero-order chi connectivity index (χ0) is 25.0. The third-order valence-electron chi connectivity index (χ3n) is 7.40. The second-order valence-electron chi connectivity index (χ2n) is 11.2. The van der Waals surface area contributed by atoms with Crippen LogP contribution in [0.4, 0.5) is 0 Å².